The second-order valence-electron chi connectivity index (χ2n) is 2.37. The zero-order valence-corrected chi connectivity index (χ0v) is 5.76. The topological polar surface area (TPSA) is 27.8 Å². The number of benzene rings is 1. The van der Waals surface area contributed by atoms with Gasteiger partial charge in [-0.1, -0.05) is 6.07 Å². The van der Waals surface area contributed by atoms with Crippen LogP contribution in [0.4, 0.5) is 10.2 Å². The van der Waals surface area contributed by atoms with Crippen LogP contribution in [0.15, 0.2) is 30.5 Å². The maximum absolute atomic E-state index is 11.9. The number of halogens is 1. The quantitative estimate of drug-likeness (QED) is 0.600. The van der Waals surface area contributed by atoms with Crippen molar-refractivity contribution < 1.29 is 4.48 Å². The van der Waals surface area contributed by atoms with Crippen molar-refractivity contribution in [3.8, 4) is 0 Å². The third-order valence-electron chi connectivity index (χ3n) is 1.66. The Morgan fingerprint density at radius 1 is 1.27 bits per heavy atom. The van der Waals surface area contributed by atoms with Crippen LogP contribution >= 0.6 is 0 Å². The number of rotatable bonds is 1. The molecule has 2 N–H and O–H groups in total. The fourth-order valence-corrected chi connectivity index (χ4v) is 1.11. The maximum atomic E-state index is 11.9. The smallest absolute Gasteiger partial charge is 0.0676 e. The molecular formula is C8H7FN2. The van der Waals surface area contributed by atoms with Gasteiger partial charge in [-0.25, -0.2) is 5.54 Å². The first-order valence-electron chi connectivity index (χ1n) is 3.34. The molecule has 0 spiro atoms. The summed E-state index contributed by atoms with van der Waals surface area (Å²) in [4.78, 5) is 2.99. The average molecular weight is 150 g/mol. The number of aromatic amines is 1. The van der Waals surface area contributed by atoms with Crippen LogP contribution in [-0.2, 0) is 0 Å². The van der Waals surface area contributed by atoms with Crippen LogP contribution in [0.2, 0.25) is 0 Å². The van der Waals surface area contributed by atoms with Crippen molar-refractivity contribution >= 4 is 16.6 Å². The molecule has 0 saturated carbocycles. The summed E-state index contributed by atoms with van der Waals surface area (Å²) < 4.78 is 11.9. The van der Waals surface area contributed by atoms with Gasteiger partial charge in [0.1, 0.15) is 0 Å². The van der Waals surface area contributed by atoms with E-state index in [9.17, 15) is 4.48 Å². The molecule has 1 aromatic carbocycles. The Labute approximate surface area is 63.0 Å². The highest BCUT2D eigenvalue weighted by Crippen LogP contribution is 2.17. The fraction of sp³-hybridized carbons (Fsp3) is 0. The first-order valence-corrected chi connectivity index (χ1v) is 3.34. The second-order valence-corrected chi connectivity index (χ2v) is 2.37. The van der Waals surface area contributed by atoms with Crippen molar-refractivity contribution in [3.63, 3.8) is 0 Å². The summed E-state index contributed by atoms with van der Waals surface area (Å²) in [6.45, 7) is 0. The van der Waals surface area contributed by atoms with Crippen molar-refractivity contribution in [2.45, 2.75) is 0 Å². The third kappa shape index (κ3) is 0.941. The van der Waals surface area contributed by atoms with Gasteiger partial charge in [-0.2, -0.15) is 0 Å². The Kier molecular flexibility index (Phi) is 1.28. The van der Waals surface area contributed by atoms with E-state index >= 15 is 0 Å². The van der Waals surface area contributed by atoms with E-state index in [-0.39, 0.29) is 0 Å². The zero-order chi connectivity index (χ0) is 7.68. The molecule has 56 valence electrons. The lowest BCUT2D eigenvalue weighted by atomic mass is 10.2. The molecule has 0 saturated heterocycles. The molecule has 0 aliphatic rings. The summed E-state index contributed by atoms with van der Waals surface area (Å²) in [5.74, 6) is 0. The molecule has 1 aromatic heterocycles. The van der Waals surface area contributed by atoms with Crippen LogP contribution < -0.4 is 5.54 Å². The largest absolute Gasteiger partial charge is 0.361 e. The Morgan fingerprint density at radius 2 is 2.18 bits per heavy atom. The summed E-state index contributed by atoms with van der Waals surface area (Å²) in [5, 5.41) is 1.09. The van der Waals surface area contributed by atoms with Gasteiger partial charge in [0.05, 0.1) is 5.69 Å². The van der Waals surface area contributed by atoms with Gasteiger partial charge in [0.2, 0.25) is 0 Å². The first kappa shape index (κ1) is 6.22. The average Bonchev–Trinajstić information content (AvgIpc) is 2.50. The predicted molar refractivity (Wildman–Crippen MR) is 43.0 cm³/mol. The van der Waals surface area contributed by atoms with Gasteiger partial charge in [0, 0.05) is 11.7 Å². The number of nitrogens with one attached hydrogen (secondary N) is 2. The normalized spacial score (nSPS) is 10.3. The lowest BCUT2D eigenvalue weighted by Gasteiger charge is -1.94. The molecule has 11 heavy (non-hydrogen) atoms. The lowest BCUT2D eigenvalue weighted by Crippen LogP contribution is -1.79. The Morgan fingerprint density at radius 3 is 3.00 bits per heavy atom. The Bertz CT molecular complexity index is 367. The second kappa shape index (κ2) is 2.27. The van der Waals surface area contributed by atoms with Crippen LogP contribution in [0.3, 0.4) is 0 Å². The molecule has 2 nitrogen and oxygen atoms in total. The van der Waals surface area contributed by atoms with E-state index in [0.29, 0.717) is 5.69 Å². The van der Waals surface area contributed by atoms with Gasteiger partial charge in [-0.05, 0) is 23.6 Å². The monoisotopic (exact) mass is 150 g/mol. The molecule has 2 aromatic rings. The van der Waals surface area contributed by atoms with E-state index in [4.69, 9.17) is 0 Å². The summed E-state index contributed by atoms with van der Waals surface area (Å²) in [7, 11) is 0. The molecule has 0 aliphatic carbocycles. The van der Waals surface area contributed by atoms with E-state index in [1.165, 1.54) is 0 Å². The zero-order valence-electron chi connectivity index (χ0n) is 5.76. The molecule has 0 radical (unpaired) electrons. The first-order chi connectivity index (χ1) is 5.40. The molecule has 0 fully saturated rings. The highest BCUT2D eigenvalue weighted by molar-refractivity contribution is 5.82. The molecule has 0 aliphatic heterocycles. The van der Waals surface area contributed by atoms with E-state index in [1.54, 1.807) is 17.7 Å². The number of hydrogen-bond acceptors (Lipinski definition) is 1. The molecule has 3 heteroatoms. The summed E-state index contributed by atoms with van der Waals surface area (Å²) >= 11 is 0. The van der Waals surface area contributed by atoms with E-state index in [0.717, 1.165) is 10.9 Å². The van der Waals surface area contributed by atoms with E-state index in [1.807, 2.05) is 18.3 Å². The number of fused-ring (bicyclic) bond motifs is 1. The minimum atomic E-state index is 0.472. The molecule has 0 unspecified atom stereocenters. The van der Waals surface area contributed by atoms with Gasteiger partial charge >= 0.3 is 0 Å². The van der Waals surface area contributed by atoms with Crippen LogP contribution in [0, 0.1) is 0 Å². The van der Waals surface area contributed by atoms with Crippen molar-refractivity contribution in [1.82, 2.24) is 4.98 Å². The number of hydrogen-bond donors (Lipinski definition) is 2. The summed E-state index contributed by atoms with van der Waals surface area (Å²) in [6.07, 6.45) is 1.83. The number of aromatic nitrogens is 1. The molecule has 0 bridgehead atoms. The Hall–Kier alpha value is -1.51. The molecular weight excluding hydrogens is 143 g/mol. The van der Waals surface area contributed by atoms with Crippen LogP contribution in [0.25, 0.3) is 10.9 Å². The fourth-order valence-electron chi connectivity index (χ4n) is 1.11. The highest BCUT2D eigenvalue weighted by Gasteiger charge is 1.94. The minimum absolute atomic E-state index is 0.472. The van der Waals surface area contributed by atoms with Crippen LogP contribution in [0.1, 0.15) is 0 Å². The van der Waals surface area contributed by atoms with Gasteiger partial charge < -0.3 is 4.98 Å². The van der Waals surface area contributed by atoms with Crippen LogP contribution in [0.5, 0.6) is 0 Å². The van der Waals surface area contributed by atoms with E-state index in [2.05, 4.69) is 4.98 Å². The lowest BCUT2D eigenvalue weighted by molar-refractivity contribution is 0.618. The molecule has 0 atom stereocenters. The van der Waals surface area contributed by atoms with Crippen molar-refractivity contribution in [2.24, 2.45) is 0 Å². The summed E-state index contributed by atoms with van der Waals surface area (Å²) in [6, 6.07) is 7.20. The molecule has 1 heterocycles. The van der Waals surface area contributed by atoms with Crippen molar-refractivity contribution in [3.05, 3.63) is 30.5 Å². The third-order valence-corrected chi connectivity index (χ3v) is 1.66. The van der Waals surface area contributed by atoms with Gasteiger partial charge in [0.25, 0.3) is 0 Å². The van der Waals surface area contributed by atoms with Crippen LogP contribution in [-0.4, -0.2) is 4.98 Å². The number of anilines is 1. The number of H-pyrrole nitrogens is 1. The molecule has 0 amide bonds. The predicted octanol–water partition coefficient (Wildman–Crippen LogP) is 2.46. The van der Waals surface area contributed by atoms with Gasteiger partial charge in [-0.3, -0.25) is 0 Å². The SMILES string of the molecule is FNc1ccc2cc[nH]c2c1. The summed E-state index contributed by atoms with van der Waals surface area (Å²) in [5.41, 5.74) is 3.00. The molecule has 2 rings (SSSR count). The maximum Gasteiger partial charge on any atom is 0.0676 e. The van der Waals surface area contributed by atoms with E-state index < -0.39 is 0 Å². The van der Waals surface area contributed by atoms with Crippen molar-refractivity contribution in [2.75, 3.05) is 5.54 Å². The van der Waals surface area contributed by atoms with Gasteiger partial charge in [0.15, 0.2) is 0 Å². The van der Waals surface area contributed by atoms with Crippen molar-refractivity contribution in [1.29, 1.82) is 0 Å². The minimum Gasteiger partial charge on any atom is -0.361 e. The highest BCUT2D eigenvalue weighted by atomic mass is 19.2. The standard InChI is InChI=1S/C8H7FN2/c9-11-7-2-1-6-3-4-10-8(6)5-7/h1-5,10-11H. The van der Waals surface area contributed by atoms with Gasteiger partial charge in [-0.15, -0.1) is 4.48 Å². The Balaban J connectivity index is 2.67.